The van der Waals surface area contributed by atoms with Gasteiger partial charge in [0, 0.05) is 66.5 Å². The molecule has 1 aliphatic heterocycles. The zero-order valence-corrected chi connectivity index (χ0v) is 28.2. The van der Waals surface area contributed by atoms with Gasteiger partial charge >= 0.3 is 0 Å². The molecule has 4 heterocycles. The van der Waals surface area contributed by atoms with E-state index in [1.54, 1.807) is 0 Å². The van der Waals surface area contributed by atoms with Crippen LogP contribution in [-0.4, -0.2) is 20.2 Å². The highest BCUT2D eigenvalue weighted by atomic mass is 32.2. The number of thioether (sulfide) groups is 1. The quantitative estimate of drug-likeness (QED) is 0.185. The SMILES string of the molecule is C1=CC2Sc3ccc(-c4nc(-c5ccccc5)nc(-c5cccc6oc7c(-c8ccc9c%10c(oc9c8)CCC=C%10)cccc7c56)n4)cc3C2C=C1. The minimum absolute atomic E-state index is 0.348. The first-order chi connectivity index (χ1) is 25.2. The summed E-state index contributed by atoms with van der Waals surface area (Å²) in [6.45, 7) is 0. The van der Waals surface area contributed by atoms with Gasteiger partial charge in [-0.3, -0.25) is 0 Å². The van der Waals surface area contributed by atoms with E-state index in [9.17, 15) is 0 Å². The lowest BCUT2D eigenvalue weighted by atomic mass is 9.91. The first-order valence-electron chi connectivity index (χ1n) is 17.4. The van der Waals surface area contributed by atoms with Crippen molar-refractivity contribution in [3.63, 3.8) is 0 Å². The molecule has 0 fully saturated rings. The molecule has 11 rings (SSSR count). The molecule has 242 valence electrons. The van der Waals surface area contributed by atoms with Crippen LogP contribution in [0.4, 0.5) is 0 Å². The van der Waals surface area contributed by atoms with Crippen LogP contribution < -0.4 is 0 Å². The minimum atomic E-state index is 0.348. The largest absolute Gasteiger partial charge is 0.460 e. The number of hydrogen-bond donors (Lipinski definition) is 0. The monoisotopic (exact) mass is 675 g/mol. The lowest BCUT2D eigenvalue weighted by molar-refractivity contribution is 0.546. The van der Waals surface area contributed by atoms with Crippen LogP contribution in [0.1, 0.15) is 29.2 Å². The van der Waals surface area contributed by atoms with Crippen LogP contribution in [0.3, 0.4) is 0 Å². The molecule has 51 heavy (non-hydrogen) atoms. The number of aromatic nitrogens is 3. The van der Waals surface area contributed by atoms with Crippen molar-refractivity contribution in [3.8, 4) is 45.3 Å². The molecule has 0 saturated heterocycles. The molecule has 5 nitrogen and oxygen atoms in total. The van der Waals surface area contributed by atoms with E-state index in [4.69, 9.17) is 23.8 Å². The zero-order chi connectivity index (χ0) is 33.5. The summed E-state index contributed by atoms with van der Waals surface area (Å²) >= 11 is 1.92. The molecule has 0 saturated carbocycles. The summed E-state index contributed by atoms with van der Waals surface area (Å²) in [6.07, 6.45) is 15.3. The Labute approximate surface area is 298 Å². The van der Waals surface area contributed by atoms with Gasteiger partial charge < -0.3 is 8.83 Å². The van der Waals surface area contributed by atoms with Crippen molar-refractivity contribution in [1.82, 2.24) is 15.0 Å². The fourth-order valence-corrected chi connectivity index (χ4v) is 9.23. The summed E-state index contributed by atoms with van der Waals surface area (Å²) < 4.78 is 13.0. The number of aryl methyl sites for hydroxylation is 1. The summed E-state index contributed by atoms with van der Waals surface area (Å²) in [4.78, 5) is 16.7. The number of hydrogen-bond acceptors (Lipinski definition) is 6. The molecule has 2 atom stereocenters. The number of fused-ring (bicyclic) bond motifs is 9. The van der Waals surface area contributed by atoms with Gasteiger partial charge in [0.25, 0.3) is 0 Å². The molecule has 0 bridgehead atoms. The lowest BCUT2D eigenvalue weighted by Crippen LogP contribution is -2.07. The number of allylic oxidation sites excluding steroid dienone is 4. The van der Waals surface area contributed by atoms with Gasteiger partial charge in [-0.2, -0.15) is 0 Å². The molecule has 6 heteroatoms. The third kappa shape index (κ3) is 4.60. The van der Waals surface area contributed by atoms with E-state index in [-0.39, 0.29) is 0 Å². The Morgan fingerprint density at radius 2 is 1.45 bits per heavy atom. The molecule has 0 radical (unpaired) electrons. The molecular weight excluding hydrogens is 647 g/mol. The Bertz CT molecular complexity index is 2810. The smallest absolute Gasteiger partial charge is 0.164 e. The van der Waals surface area contributed by atoms with E-state index >= 15 is 0 Å². The topological polar surface area (TPSA) is 65.0 Å². The summed E-state index contributed by atoms with van der Waals surface area (Å²) in [5.74, 6) is 3.31. The standard InChI is InChI=1S/C45H29N3O2S/c1-2-10-26(11-3-1)43-46-44(28-21-23-40-35(24-28)32-13-5-7-19-39(32)51-40)48-45(47-43)34-16-9-18-37-41(34)33-15-8-14-29(42(33)50-37)27-20-22-31-30-12-4-6-17-36(30)49-38(31)25-27/h1-5,7-16,18-25,32,39H,6,17H2. The summed E-state index contributed by atoms with van der Waals surface area (Å²) in [7, 11) is 0. The van der Waals surface area contributed by atoms with Gasteiger partial charge in [0.15, 0.2) is 17.5 Å². The molecule has 0 amide bonds. The van der Waals surface area contributed by atoms with E-state index in [0.717, 1.165) is 79.3 Å². The molecule has 3 aliphatic rings. The third-order valence-electron chi connectivity index (χ3n) is 10.3. The first kappa shape index (κ1) is 28.8. The third-order valence-corrected chi connectivity index (χ3v) is 11.7. The molecule has 0 spiro atoms. The maximum absolute atomic E-state index is 6.70. The maximum Gasteiger partial charge on any atom is 0.164 e. The van der Waals surface area contributed by atoms with Crippen LogP contribution >= 0.6 is 11.8 Å². The second-order valence-corrected chi connectivity index (χ2v) is 14.6. The van der Waals surface area contributed by atoms with Crippen LogP contribution in [0.15, 0.2) is 147 Å². The zero-order valence-electron chi connectivity index (χ0n) is 27.4. The van der Waals surface area contributed by atoms with E-state index in [0.29, 0.717) is 28.6 Å². The molecule has 3 aromatic heterocycles. The fourth-order valence-electron chi connectivity index (χ4n) is 7.90. The predicted molar refractivity (Wildman–Crippen MR) is 207 cm³/mol. The Morgan fingerprint density at radius 1 is 0.627 bits per heavy atom. The van der Waals surface area contributed by atoms with Crippen molar-refractivity contribution >= 4 is 50.7 Å². The van der Waals surface area contributed by atoms with E-state index in [2.05, 4.69) is 109 Å². The van der Waals surface area contributed by atoms with E-state index in [1.807, 2.05) is 42.1 Å². The van der Waals surface area contributed by atoms with Crippen LogP contribution in [-0.2, 0) is 6.42 Å². The summed E-state index contributed by atoms with van der Waals surface area (Å²) in [5.41, 5.74) is 9.94. The molecule has 2 unspecified atom stereocenters. The highest BCUT2D eigenvalue weighted by Crippen LogP contribution is 2.49. The Hall–Kier alpha value is -5.98. The van der Waals surface area contributed by atoms with Crippen molar-refractivity contribution in [2.45, 2.75) is 28.9 Å². The van der Waals surface area contributed by atoms with Gasteiger partial charge in [0.1, 0.15) is 22.5 Å². The van der Waals surface area contributed by atoms with Gasteiger partial charge in [0.2, 0.25) is 0 Å². The normalized spacial score (nSPS) is 17.3. The number of benzene rings is 5. The van der Waals surface area contributed by atoms with Crippen LogP contribution in [0.2, 0.25) is 0 Å². The molecule has 5 aromatic carbocycles. The number of para-hydroxylation sites is 1. The number of furan rings is 2. The average Bonchev–Trinajstić information content (AvgIpc) is 3.88. The predicted octanol–water partition coefficient (Wildman–Crippen LogP) is 11.8. The molecule has 2 aliphatic carbocycles. The van der Waals surface area contributed by atoms with Gasteiger partial charge in [0.05, 0.1) is 0 Å². The van der Waals surface area contributed by atoms with Crippen molar-refractivity contribution in [3.05, 3.63) is 150 Å². The van der Waals surface area contributed by atoms with Crippen molar-refractivity contribution < 1.29 is 8.83 Å². The Morgan fingerprint density at radius 3 is 2.39 bits per heavy atom. The molecule has 8 aromatic rings. The highest BCUT2D eigenvalue weighted by Gasteiger charge is 2.31. The van der Waals surface area contributed by atoms with Crippen LogP contribution in [0.25, 0.3) is 84.3 Å². The van der Waals surface area contributed by atoms with Crippen LogP contribution in [0.5, 0.6) is 0 Å². The number of nitrogens with zero attached hydrogens (tertiary/aromatic N) is 3. The minimum Gasteiger partial charge on any atom is -0.460 e. The highest BCUT2D eigenvalue weighted by molar-refractivity contribution is 8.00. The number of rotatable bonds is 4. The van der Waals surface area contributed by atoms with Crippen LogP contribution in [0, 0.1) is 0 Å². The summed E-state index contributed by atoms with van der Waals surface area (Å²) in [6, 6.07) is 35.8. The van der Waals surface area contributed by atoms with E-state index in [1.165, 1.54) is 16.0 Å². The molecule has 0 N–H and O–H groups in total. The van der Waals surface area contributed by atoms with Gasteiger partial charge in [-0.25, -0.2) is 15.0 Å². The fraction of sp³-hybridized carbons (Fsp3) is 0.0889. The van der Waals surface area contributed by atoms with Gasteiger partial charge in [-0.1, -0.05) is 109 Å². The van der Waals surface area contributed by atoms with Crippen molar-refractivity contribution in [1.29, 1.82) is 0 Å². The Kier molecular flexibility index (Phi) is 6.37. The van der Waals surface area contributed by atoms with Crippen molar-refractivity contribution in [2.75, 3.05) is 0 Å². The van der Waals surface area contributed by atoms with E-state index < -0.39 is 0 Å². The van der Waals surface area contributed by atoms with Gasteiger partial charge in [-0.15, -0.1) is 11.8 Å². The van der Waals surface area contributed by atoms with Gasteiger partial charge in [-0.05, 0) is 47.9 Å². The Balaban J connectivity index is 1.08. The first-order valence-corrected chi connectivity index (χ1v) is 18.3. The average molecular weight is 676 g/mol. The second-order valence-electron chi connectivity index (χ2n) is 13.4. The maximum atomic E-state index is 6.70. The second kappa shape index (κ2) is 11.3. The molecular formula is C45H29N3O2S. The van der Waals surface area contributed by atoms with Crippen molar-refractivity contribution in [2.24, 2.45) is 0 Å². The summed E-state index contributed by atoms with van der Waals surface area (Å²) in [5, 5.41) is 3.57. The lowest BCUT2D eigenvalue weighted by Gasteiger charge is -2.15.